The molecule has 0 saturated heterocycles. The van der Waals surface area contributed by atoms with Gasteiger partial charge >= 0.3 is 0 Å². The molecule has 0 aliphatic heterocycles. The highest BCUT2D eigenvalue weighted by Crippen LogP contribution is 2.23. The van der Waals surface area contributed by atoms with Crippen LogP contribution in [0.3, 0.4) is 0 Å². The summed E-state index contributed by atoms with van der Waals surface area (Å²) in [5.41, 5.74) is 3.09. The fraction of sp³-hybridized carbons (Fsp3) is 0.600. The van der Waals surface area contributed by atoms with E-state index in [0.717, 1.165) is 6.54 Å². The van der Waals surface area contributed by atoms with Crippen LogP contribution in [0.2, 0.25) is 0 Å². The second kappa shape index (κ2) is 5.45. The van der Waals surface area contributed by atoms with Gasteiger partial charge in [-0.3, -0.25) is 0 Å². The molecular formula is C15H23NS. The van der Waals surface area contributed by atoms with E-state index in [2.05, 4.69) is 49.7 Å². The molecule has 1 atom stereocenters. The Morgan fingerprint density at radius 2 is 2.00 bits per heavy atom. The first-order valence-electron chi connectivity index (χ1n) is 6.46. The van der Waals surface area contributed by atoms with Crippen molar-refractivity contribution in [3.8, 4) is 0 Å². The van der Waals surface area contributed by atoms with E-state index in [9.17, 15) is 0 Å². The van der Waals surface area contributed by atoms with Crippen LogP contribution in [-0.2, 0) is 12.8 Å². The second-order valence-electron chi connectivity index (χ2n) is 5.55. The average molecular weight is 249 g/mol. The fourth-order valence-corrected chi connectivity index (χ4v) is 2.56. The van der Waals surface area contributed by atoms with Crippen molar-refractivity contribution in [2.75, 3.05) is 12.8 Å². The van der Waals surface area contributed by atoms with Crippen LogP contribution in [0.1, 0.15) is 31.4 Å². The number of benzene rings is 1. The van der Waals surface area contributed by atoms with E-state index in [0.29, 0.717) is 10.8 Å². The van der Waals surface area contributed by atoms with Crippen molar-refractivity contribution in [2.45, 2.75) is 43.9 Å². The summed E-state index contributed by atoms with van der Waals surface area (Å²) in [4.78, 5) is 0. The normalized spacial score (nSPS) is 20.1. The van der Waals surface area contributed by atoms with Crippen molar-refractivity contribution < 1.29 is 0 Å². The molecule has 0 bridgehead atoms. The minimum atomic E-state index is 0.344. The molecule has 1 nitrogen and oxygen atoms in total. The Morgan fingerprint density at radius 1 is 1.29 bits per heavy atom. The number of hydrogen-bond donors (Lipinski definition) is 1. The average Bonchev–Trinajstić information content (AvgIpc) is 2.36. The molecule has 1 aromatic carbocycles. The summed E-state index contributed by atoms with van der Waals surface area (Å²) < 4.78 is 0.344. The molecule has 0 aromatic heterocycles. The Hall–Kier alpha value is -0.470. The van der Waals surface area contributed by atoms with Crippen molar-refractivity contribution in [3.63, 3.8) is 0 Å². The van der Waals surface area contributed by atoms with Gasteiger partial charge in [0.25, 0.3) is 0 Å². The summed E-state index contributed by atoms with van der Waals surface area (Å²) in [6.07, 6.45) is 5.90. The van der Waals surface area contributed by atoms with Crippen molar-refractivity contribution >= 4 is 11.8 Å². The lowest BCUT2D eigenvalue weighted by Crippen LogP contribution is -2.41. The molecule has 0 saturated carbocycles. The zero-order valence-electron chi connectivity index (χ0n) is 11.1. The van der Waals surface area contributed by atoms with E-state index in [1.54, 1.807) is 11.1 Å². The minimum absolute atomic E-state index is 0.344. The van der Waals surface area contributed by atoms with Gasteiger partial charge in [0.15, 0.2) is 0 Å². The van der Waals surface area contributed by atoms with Gasteiger partial charge in [-0.15, -0.1) is 0 Å². The van der Waals surface area contributed by atoms with Crippen LogP contribution in [0.25, 0.3) is 0 Å². The predicted molar refractivity (Wildman–Crippen MR) is 77.9 cm³/mol. The summed E-state index contributed by atoms with van der Waals surface area (Å²) in [6, 6.07) is 9.54. The quantitative estimate of drug-likeness (QED) is 0.879. The zero-order valence-corrected chi connectivity index (χ0v) is 11.9. The molecule has 0 heterocycles. The third-order valence-electron chi connectivity index (χ3n) is 3.72. The lowest BCUT2D eigenvalue weighted by atomic mass is 9.88. The molecule has 17 heavy (non-hydrogen) atoms. The number of rotatable bonds is 4. The van der Waals surface area contributed by atoms with Crippen LogP contribution < -0.4 is 5.32 Å². The first-order chi connectivity index (χ1) is 8.11. The SMILES string of the molecule is CSC(C)(C)CNC1CCc2ccccc2C1. The topological polar surface area (TPSA) is 12.0 Å². The molecule has 1 aliphatic rings. The first-order valence-corrected chi connectivity index (χ1v) is 7.68. The van der Waals surface area contributed by atoms with Gasteiger partial charge in [0.05, 0.1) is 0 Å². The maximum atomic E-state index is 3.73. The largest absolute Gasteiger partial charge is 0.312 e. The molecule has 0 amide bonds. The Bertz CT molecular complexity index is 373. The Labute approximate surface area is 109 Å². The Balaban J connectivity index is 1.90. The lowest BCUT2D eigenvalue weighted by Gasteiger charge is -2.30. The van der Waals surface area contributed by atoms with Crippen LogP contribution in [0.5, 0.6) is 0 Å². The smallest absolute Gasteiger partial charge is 0.0225 e. The fourth-order valence-electron chi connectivity index (χ4n) is 2.33. The molecule has 0 spiro atoms. The lowest BCUT2D eigenvalue weighted by molar-refractivity contribution is 0.438. The number of fused-ring (bicyclic) bond motifs is 1. The standard InChI is InChI=1S/C15H23NS/c1-15(2,17-3)11-16-14-9-8-12-6-4-5-7-13(12)10-14/h4-7,14,16H,8-11H2,1-3H3. The van der Waals surface area contributed by atoms with Gasteiger partial charge in [-0.1, -0.05) is 24.3 Å². The van der Waals surface area contributed by atoms with E-state index in [1.807, 2.05) is 11.8 Å². The summed E-state index contributed by atoms with van der Waals surface area (Å²) in [7, 11) is 0. The molecule has 2 rings (SSSR count). The monoisotopic (exact) mass is 249 g/mol. The van der Waals surface area contributed by atoms with Gasteiger partial charge in [-0.25, -0.2) is 0 Å². The molecular weight excluding hydrogens is 226 g/mol. The number of nitrogens with one attached hydrogen (secondary N) is 1. The number of thioether (sulfide) groups is 1. The summed E-state index contributed by atoms with van der Waals surface area (Å²) in [6.45, 7) is 5.71. The van der Waals surface area contributed by atoms with Crippen molar-refractivity contribution in [1.29, 1.82) is 0 Å². The summed E-state index contributed by atoms with van der Waals surface area (Å²) in [5.74, 6) is 0. The summed E-state index contributed by atoms with van der Waals surface area (Å²) >= 11 is 1.94. The van der Waals surface area contributed by atoms with Crippen LogP contribution in [0.15, 0.2) is 24.3 Å². The van der Waals surface area contributed by atoms with Crippen molar-refractivity contribution in [2.24, 2.45) is 0 Å². The van der Waals surface area contributed by atoms with Gasteiger partial charge < -0.3 is 5.32 Å². The molecule has 1 N–H and O–H groups in total. The predicted octanol–water partition coefficient (Wildman–Crippen LogP) is 3.28. The molecule has 0 fully saturated rings. The van der Waals surface area contributed by atoms with E-state index in [4.69, 9.17) is 0 Å². The van der Waals surface area contributed by atoms with Gasteiger partial charge in [0, 0.05) is 17.3 Å². The third-order valence-corrected chi connectivity index (χ3v) is 4.97. The van der Waals surface area contributed by atoms with Gasteiger partial charge in [-0.05, 0) is 50.5 Å². The zero-order chi connectivity index (χ0) is 12.3. The highest BCUT2D eigenvalue weighted by Gasteiger charge is 2.21. The van der Waals surface area contributed by atoms with E-state index < -0.39 is 0 Å². The number of aryl methyl sites for hydroxylation is 1. The van der Waals surface area contributed by atoms with Crippen LogP contribution in [0, 0.1) is 0 Å². The summed E-state index contributed by atoms with van der Waals surface area (Å²) in [5, 5.41) is 3.73. The van der Waals surface area contributed by atoms with E-state index in [-0.39, 0.29) is 0 Å². The van der Waals surface area contributed by atoms with E-state index in [1.165, 1.54) is 19.3 Å². The van der Waals surface area contributed by atoms with Gasteiger partial charge in [0.2, 0.25) is 0 Å². The molecule has 1 aromatic rings. The maximum Gasteiger partial charge on any atom is 0.0225 e. The second-order valence-corrected chi connectivity index (χ2v) is 7.07. The van der Waals surface area contributed by atoms with Gasteiger partial charge in [0.1, 0.15) is 0 Å². The Morgan fingerprint density at radius 3 is 2.71 bits per heavy atom. The number of hydrogen-bond acceptors (Lipinski definition) is 2. The van der Waals surface area contributed by atoms with Crippen molar-refractivity contribution in [3.05, 3.63) is 35.4 Å². The highest BCUT2D eigenvalue weighted by atomic mass is 32.2. The minimum Gasteiger partial charge on any atom is -0.312 e. The van der Waals surface area contributed by atoms with Crippen LogP contribution >= 0.6 is 11.8 Å². The molecule has 0 radical (unpaired) electrons. The highest BCUT2D eigenvalue weighted by molar-refractivity contribution is 7.99. The third kappa shape index (κ3) is 3.49. The molecule has 2 heteroatoms. The molecule has 94 valence electrons. The van der Waals surface area contributed by atoms with Crippen LogP contribution in [0.4, 0.5) is 0 Å². The molecule has 1 unspecified atom stereocenters. The van der Waals surface area contributed by atoms with Gasteiger partial charge in [-0.2, -0.15) is 11.8 Å². The maximum absolute atomic E-state index is 3.73. The van der Waals surface area contributed by atoms with Crippen LogP contribution in [-0.4, -0.2) is 23.6 Å². The van der Waals surface area contributed by atoms with E-state index >= 15 is 0 Å². The molecule has 1 aliphatic carbocycles. The van der Waals surface area contributed by atoms with Crippen molar-refractivity contribution in [1.82, 2.24) is 5.32 Å². The Kier molecular flexibility index (Phi) is 4.16. The first kappa shape index (κ1) is 13.0.